The molecule has 4 rings (SSSR count). The molecule has 2 aromatic carbocycles. The number of ether oxygens (including phenoxy) is 1. The predicted molar refractivity (Wildman–Crippen MR) is 108 cm³/mol. The van der Waals surface area contributed by atoms with Gasteiger partial charge in [-0.25, -0.2) is 8.42 Å². The Hall–Kier alpha value is -2.85. The van der Waals surface area contributed by atoms with Gasteiger partial charge in [-0.15, -0.1) is 0 Å². The maximum absolute atomic E-state index is 13.3. The van der Waals surface area contributed by atoms with Gasteiger partial charge in [0, 0.05) is 11.1 Å². The molecule has 0 aliphatic carbocycles. The second-order valence-corrected chi connectivity index (χ2v) is 10.6. The Morgan fingerprint density at radius 1 is 1.14 bits per heavy atom. The van der Waals surface area contributed by atoms with Gasteiger partial charge in [0.25, 0.3) is 10.0 Å². The first-order chi connectivity index (χ1) is 13.6. The maximum atomic E-state index is 13.3. The normalized spacial score (nSPS) is 17.7. The van der Waals surface area contributed by atoms with Gasteiger partial charge in [-0.1, -0.05) is 36.9 Å². The predicted octanol–water partition coefficient (Wildman–Crippen LogP) is 1.60. The molecule has 1 saturated heterocycles. The third-order valence-corrected chi connectivity index (χ3v) is 8.55. The smallest absolute Gasteiger partial charge is 0.281 e. The van der Waals surface area contributed by atoms with Crippen molar-refractivity contribution in [1.29, 1.82) is 0 Å². The van der Waals surface area contributed by atoms with Crippen molar-refractivity contribution in [3.8, 4) is 16.9 Å². The van der Waals surface area contributed by atoms with Crippen LogP contribution in [0.2, 0.25) is 0 Å². The average molecular weight is 434 g/mol. The molecule has 10 heteroatoms. The van der Waals surface area contributed by atoms with E-state index in [0.717, 1.165) is 6.26 Å². The molecule has 0 bridgehead atoms. The molecule has 0 spiro atoms. The maximum Gasteiger partial charge on any atom is 0.281 e. The highest BCUT2D eigenvalue weighted by Gasteiger charge is 2.43. The second-order valence-electron chi connectivity index (χ2n) is 6.80. The molecule has 0 N–H and O–H groups in total. The molecule has 1 amide bonds. The van der Waals surface area contributed by atoms with E-state index < -0.39 is 26.2 Å². The summed E-state index contributed by atoms with van der Waals surface area (Å²) in [7, 11) is -8.55. The highest BCUT2D eigenvalue weighted by molar-refractivity contribution is 8.10. The number of sulfonamides is 2. The topological polar surface area (TPSA) is 101 Å². The zero-order valence-electron chi connectivity index (χ0n) is 15.5. The van der Waals surface area contributed by atoms with Gasteiger partial charge in [-0.3, -0.25) is 4.79 Å². The van der Waals surface area contributed by atoms with Crippen molar-refractivity contribution in [3.63, 3.8) is 0 Å². The van der Waals surface area contributed by atoms with Crippen LogP contribution in [0.4, 0.5) is 5.69 Å². The van der Waals surface area contributed by atoms with Crippen LogP contribution in [0.3, 0.4) is 0 Å². The summed E-state index contributed by atoms with van der Waals surface area (Å²) in [6, 6.07) is 11.2. The third kappa shape index (κ3) is 3.08. The minimum atomic E-state index is -4.43. The number of hydrogen-bond donors (Lipinski definition) is 0. The van der Waals surface area contributed by atoms with Gasteiger partial charge >= 0.3 is 0 Å². The first-order valence-corrected chi connectivity index (χ1v) is 12.0. The molecule has 29 heavy (non-hydrogen) atoms. The fraction of sp³-hybridized carbons (Fsp3) is 0.211. The van der Waals surface area contributed by atoms with Crippen molar-refractivity contribution in [1.82, 2.24) is 4.90 Å². The van der Waals surface area contributed by atoms with Crippen LogP contribution in [0.15, 0.2) is 60.0 Å². The van der Waals surface area contributed by atoms with Crippen molar-refractivity contribution in [2.75, 3.05) is 23.1 Å². The Labute approximate surface area is 169 Å². The summed E-state index contributed by atoms with van der Waals surface area (Å²) in [4.78, 5) is 12.9. The Bertz CT molecular complexity index is 1230. The lowest BCUT2D eigenvalue weighted by Crippen LogP contribution is -2.55. The van der Waals surface area contributed by atoms with Gasteiger partial charge in [0.1, 0.15) is 16.7 Å². The summed E-state index contributed by atoms with van der Waals surface area (Å²) in [5.74, 6) is -0.175. The standard InChI is InChI=1S/C19H18N2O6S2/c1-3-18(22)20-11-13(12-20)27-17-10-6-8-15-14-7-4-5-9-16(14)21(28(2,23)24)29(25,26)19(15)17/h3-10,13H,1,11-12H2,2H3. The van der Waals surface area contributed by atoms with E-state index in [-0.39, 0.29) is 22.2 Å². The third-order valence-electron chi connectivity index (χ3n) is 4.78. The molecule has 0 radical (unpaired) electrons. The van der Waals surface area contributed by atoms with Gasteiger partial charge < -0.3 is 9.64 Å². The van der Waals surface area contributed by atoms with Crippen molar-refractivity contribution < 1.29 is 26.4 Å². The summed E-state index contributed by atoms with van der Waals surface area (Å²) in [6.45, 7) is 4.01. The monoisotopic (exact) mass is 434 g/mol. The van der Waals surface area contributed by atoms with Crippen LogP contribution < -0.4 is 8.45 Å². The van der Waals surface area contributed by atoms with E-state index in [1.807, 2.05) is 0 Å². The van der Waals surface area contributed by atoms with Gasteiger partial charge in [0.15, 0.2) is 0 Å². The van der Waals surface area contributed by atoms with Crippen molar-refractivity contribution in [3.05, 3.63) is 55.1 Å². The van der Waals surface area contributed by atoms with Gasteiger partial charge in [-0.2, -0.15) is 12.1 Å². The zero-order valence-corrected chi connectivity index (χ0v) is 17.1. The quantitative estimate of drug-likeness (QED) is 0.678. The van der Waals surface area contributed by atoms with E-state index in [2.05, 4.69) is 6.58 Å². The molecular weight excluding hydrogens is 416 g/mol. The molecular formula is C19H18N2O6S2. The van der Waals surface area contributed by atoms with Crippen LogP contribution in [0, 0.1) is 0 Å². The van der Waals surface area contributed by atoms with Crippen molar-refractivity contribution in [2.24, 2.45) is 0 Å². The Kier molecular flexibility index (Phi) is 4.43. The lowest BCUT2D eigenvalue weighted by Gasteiger charge is -2.39. The largest absolute Gasteiger partial charge is 0.485 e. The molecule has 2 heterocycles. The van der Waals surface area contributed by atoms with Crippen LogP contribution in [0.25, 0.3) is 11.1 Å². The lowest BCUT2D eigenvalue weighted by molar-refractivity contribution is -0.134. The minimum absolute atomic E-state index is 0.0568. The number of para-hydroxylation sites is 1. The van der Waals surface area contributed by atoms with E-state index in [0.29, 0.717) is 27.9 Å². The second kappa shape index (κ2) is 6.60. The number of carbonyl (C=O) groups is 1. The number of carbonyl (C=O) groups excluding carboxylic acids is 1. The Morgan fingerprint density at radius 3 is 2.45 bits per heavy atom. The number of amides is 1. The van der Waals surface area contributed by atoms with Crippen LogP contribution >= 0.6 is 0 Å². The molecule has 0 unspecified atom stereocenters. The van der Waals surface area contributed by atoms with Gasteiger partial charge in [0.05, 0.1) is 25.0 Å². The molecule has 0 saturated carbocycles. The van der Waals surface area contributed by atoms with Crippen LogP contribution in [-0.2, 0) is 24.8 Å². The molecule has 0 atom stereocenters. The number of rotatable bonds is 4. The fourth-order valence-corrected chi connectivity index (χ4v) is 7.09. The highest BCUT2D eigenvalue weighted by Crippen LogP contribution is 2.47. The molecule has 2 aliphatic rings. The SMILES string of the molecule is C=CC(=O)N1CC(Oc2cccc3c2S(=O)(=O)N(S(C)(=O)=O)c2ccccc2-3)C1. The summed E-state index contributed by atoms with van der Waals surface area (Å²) in [5.41, 5.74) is 0.924. The minimum Gasteiger partial charge on any atom is -0.485 e. The van der Waals surface area contributed by atoms with Crippen LogP contribution in [0.5, 0.6) is 5.75 Å². The van der Waals surface area contributed by atoms with E-state index in [4.69, 9.17) is 4.74 Å². The fourth-order valence-electron chi connectivity index (χ4n) is 3.52. The number of fused-ring (bicyclic) bond motifs is 3. The Balaban J connectivity index is 1.82. The summed E-state index contributed by atoms with van der Waals surface area (Å²) in [5, 5.41) is 0. The van der Waals surface area contributed by atoms with E-state index in [1.54, 1.807) is 30.3 Å². The number of nitrogens with zero attached hydrogens (tertiary/aromatic N) is 2. The van der Waals surface area contributed by atoms with Crippen molar-refractivity contribution in [2.45, 2.75) is 11.0 Å². The van der Waals surface area contributed by atoms with E-state index in [1.165, 1.54) is 23.1 Å². The molecule has 1 fully saturated rings. The molecule has 152 valence electrons. The van der Waals surface area contributed by atoms with Crippen LogP contribution in [0.1, 0.15) is 0 Å². The molecule has 2 aliphatic heterocycles. The van der Waals surface area contributed by atoms with E-state index in [9.17, 15) is 21.6 Å². The summed E-state index contributed by atoms with van der Waals surface area (Å²) >= 11 is 0. The zero-order chi connectivity index (χ0) is 21.0. The summed E-state index contributed by atoms with van der Waals surface area (Å²) in [6.07, 6.45) is 1.65. The van der Waals surface area contributed by atoms with Crippen LogP contribution in [-0.4, -0.2) is 53.1 Å². The van der Waals surface area contributed by atoms with E-state index >= 15 is 0 Å². The highest BCUT2D eigenvalue weighted by atomic mass is 32.3. The molecule has 8 nitrogen and oxygen atoms in total. The average Bonchev–Trinajstić information content (AvgIpc) is 2.62. The van der Waals surface area contributed by atoms with Gasteiger partial charge in [-0.05, 0) is 18.2 Å². The first kappa shape index (κ1) is 19.5. The number of anilines is 1. The first-order valence-electron chi connectivity index (χ1n) is 8.70. The number of likely N-dealkylation sites (tertiary alicyclic amines) is 1. The molecule has 0 aromatic heterocycles. The van der Waals surface area contributed by atoms with Gasteiger partial charge in [0.2, 0.25) is 15.9 Å². The Morgan fingerprint density at radius 2 is 1.79 bits per heavy atom. The lowest BCUT2D eigenvalue weighted by atomic mass is 10.0. The number of hydrogen-bond acceptors (Lipinski definition) is 6. The number of benzene rings is 2. The van der Waals surface area contributed by atoms with Crippen molar-refractivity contribution >= 4 is 31.6 Å². The molecule has 2 aromatic rings. The summed E-state index contributed by atoms with van der Waals surface area (Å²) < 4.78 is 57.7.